The average Bonchev–Trinajstić information content (AvgIpc) is 3.03. The number of hydrogen-bond acceptors (Lipinski definition) is 3. The molecular formula is C25H45ClN2O2. The van der Waals surface area contributed by atoms with E-state index >= 15 is 0 Å². The van der Waals surface area contributed by atoms with Crippen molar-refractivity contribution in [1.82, 2.24) is 4.90 Å². The molecule has 4 aliphatic carbocycles. The maximum Gasteiger partial charge on any atom is 0.239 e. The normalized spacial score (nSPS) is 47.2. The topological polar surface area (TPSA) is 66.6 Å². The highest BCUT2D eigenvalue weighted by atomic mass is 35.5. The van der Waals surface area contributed by atoms with Gasteiger partial charge in [-0.05, 0) is 112 Å². The van der Waals surface area contributed by atoms with E-state index in [9.17, 15) is 9.90 Å². The molecule has 0 aliphatic heterocycles. The molecule has 0 aromatic rings. The molecule has 30 heavy (non-hydrogen) atoms. The predicted molar refractivity (Wildman–Crippen MR) is 124 cm³/mol. The summed E-state index contributed by atoms with van der Waals surface area (Å²) in [6.45, 7) is 8.90. The molecule has 4 aliphatic rings. The van der Waals surface area contributed by atoms with E-state index < -0.39 is 6.04 Å². The van der Waals surface area contributed by atoms with E-state index in [-0.39, 0.29) is 24.4 Å². The Hall–Kier alpha value is -0.320. The van der Waals surface area contributed by atoms with Crippen LogP contribution in [0.3, 0.4) is 0 Å². The van der Waals surface area contributed by atoms with Gasteiger partial charge in [0.15, 0.2) is 0 Å². The molecule has 10 atom stereocenters. The third kappa shape index (κ3) is 3.63. The van der Waals surface area contributed by atoms with Gasteiger partial charge in [0.25, 0.3) is 0 Å². The van der Waals surface area contributed by atoms with Gasteiger partial charge < -0.3 is 15.7 Å². The van der Waals surface area contributed by atoms with Gasteiger partial charge in [-0.25, -0.2) is 0 Å². The molecular weight excluding hydrogens is 396 g/mol. The third-order valence-electron chi connectivity index (χ3n) is 10.6. The first-order chi connectivity index (χ1) is 13.6. The summed E-state index contributed by atoms with van der Waals surface area (Å²) in [5, 5.41) is 10.4. The Balaban J connectivity index is 0.00000256. The minimum absolute atomic E-state index is 0. The Morgan fingerprint density at radius 3 is 2.27 bits per heavy atom. The van der Waals surface area contributed by atoms with Crippen molar-refractivity contribution >= 4 is 18.3 Å². The second-order valence-corrected chi connectivity index (χ2v) is 11.8. The number of aliphatic hydroxyl groups excluding tert-OH is 1. The lowest BCUT2D eigenvalue weighted by atomic mass is 9.44. The van der Waals surface area contributed by atoms with Crippen molar-refractivity contribution < 1.29 is 9.90 Å². The maximum absolute atomic E-state index is 12.4. The number of hydrogen-bond donors (Lipinski definition) is 2. The fourth-order valence-corrected chi connectivity index (χ4v) is 8.92. The molecule has 4 saturated carbocycles. The molecule has 0 bridgehead atoms. The van der Waals surface area contributed by atoms with Crippen molar-refractivity contribution in [1.29, 1.82) is 0 Å². The largest absolute Gasteiger partial charge is 0.393 e. The Labute approximate surface area is 190 Å². The fourth-order valence-electron chi connectivity index (χ4n) is 8.92. The summed E-state index contributed by atoms with van der Waals surface area (Å²) in [4.78, 5) is 14.4. The van der Waals surface area contributed by atoms with Crippen molar-refractivity contribution in [2.45, 2.75) is 104 Å². The Morgan fingerprint density at radius 2 is 1.63 bits per heavy atom. The van der Waals surface area contributed by atoms with E-state index in [4.69, 9.17) is 5.73 Å². The Morgan fingerprint density at radius 1 is 1.00 bits per heavy atom. The summed E-state index contributed by atoms with van der Waals surface area (Å²) in [5.74, 6) is 3.81. The number of aliphatic hydroxyl groups is 1. The molecule has 0 spiro atoms. The predicted octanol–water partition coefficient (Wildman–Crippen LogP) is 4.62. The highest BCUT2D eigenvalue weighted by Crippen LogP contribution is 2.67. The number of rotatable bonds is 3. The van der Waals surface area contributed by atoms with Crippen LogP contribution >= 0.6 is 12.4 Å². The second-order valence-electron chi connectivity index (χ2n) is 11.8. The van der Waals surface area contributed by atoms with E-state index in [1.807, 2.05) is 18.9 Å². The van der Waals surface area contributed by atoms with Crippen molar-refractivity contribution in [2.75, 3.05) is 7.05 Å². The minimum atomic E-state index is -0.399. The van der Waals surface area contributed by atoms with Gasteiger partial charge in [-0.2, -0.15) is 0 Å². The molecule has 4 rings (SSSR count). The molecule has 1 amide bonds. The van der Waals surface area contributed by atoms with Gasteiger partial charge in [-0.15, -0.1) is 12.4 Å². The van der Waals surface area contributed by atoms with Gasteiger partial charge in [-0.3, -0.25) is 4.79 Å². The van der Waals surface area contributed by atoms with Crippen LogP contribution in [0.4, 0.5) is 0 Å². The van der Waals surface area contributed by atoms with Gasteiger partial charge in [-0.1, -0.05) is 13.8 Å². The van der Waals surface area contributed by atoms with E-state index in [0.29, 0.717) is 22.8 Å². The lowest BCUT2D eigenvalue weighted by Gasteiger charge is -2.61. The van der Waals surface area contributed by atoms with Crippen LogP contribution in [0.15, 0.2) is 0 Å². The molecule has 0 aromatic carbocycles. The summed E-state index contributed by atoms with van der Waals surface area (Å²) in [5.41, 5.74) is 6.65. The van der Waals surface area contributed by atoms with Crippen LogP contribution in [0.2, 0.25) is 0 Å². The summed E-state index contributed by atoms with van der Waals surface area (Å²) in [7, 11) is 1.96. The zero-order valence-electron chi connectivity index (χ0n) is 19.8. The van der Waals surface area contributed by atoms with Crippen molar-refractivity contribution in [2.24, 2.45) is 46.2 Å². The number of nitrogens with zero attached hydrogens (tertiary/aromatic N) is 1. The number of carbonyl (C=O) groups excluding carboxylic acids is 1. The molecule has 0 heterocycles. The number of nitrogens with two attached hydrogens (primary N) is 1. The number of amides is 1. The van der Waals surface area contributed by atoms with Crippen LogP contribution in [0, 0.1) is 40.4 Å². The SMILES string of the molecule is CC(N)C(=O)N(C)[C@@H]1CC[C@]2(C)C3CC[C@@]4(C)C(CC[C@@H]4[C@H](C)O)C3CC[C@H]2C1.Cl. The summed E-state index contributed by atoms with van der Waals surface area (Å²) in [6, 6.07) is -0.0348. The molecule has 4 fully saturated rings. The Bertz CT molecular complexity index is 641. The molecule has 0 saturated heterocycles. The molecule has 4 nitrogen and oxygen atoms in total. The summed E-state index contributed by atoms with van der Waals surface area (Å²) < 4.78 is 0. The minimum Gasteiger partial charge on any atom is -0.393 e. The molecule has 0 radical (unpaired) electrons. The van der Waals surface area contributed by atoms with E-state index in [2.05, 4.69) is 13.8 Å². The van der Waals surface area contributed by atoms with E-state index in [0.717, 1.165) is 36.5 Å². The number of fused-ring (bicyclic) bond motifs is 5. The number of likely N-dealkylation sites (N-methyl/N-ethyl adjacent to an activating group) is 1. The van der Waals surface area contributed by atoms with Crippen LogP contribution in [-0.4, -0.2) is 41.1 Å². The quantitative estimate of drug-likeness (QED) is 0.672. The van der Waals surface area contributed by atoms with E-state index in [1.165, 1.54) is 44.9 Å². The zero-order chi connectivity index (χ0) is 21.1. The van der Waals surface area contributed by atoms with Crippen LogP contribution in [0.1, 0.15) is 85.5 Å². The van der Waals surface area contributed by atoms with Crippen molar-refractivity contribution in [3.8, 4) is 0 Å². The third-order valence-corrected chi connectivity index (χ3v) is 10.6. The highest BCUT2D eigenvalue weighted by Gasteiger charge is 2.60. The summed E-state index contributed by atoms with van der Waals surface area (Å²) >= 11 is 0. The first-order valence-corrected chi connectivity index (χ1v) is 12.3. The smallest absolute Gasteiger partial charge is 0.239 e. The number of carbonyl (C=O) groups is 1. The molecule has 4 unspecified atom stereocenters. The first-order valence-electron chi connectivity index (χ1n) is 12.3. The van der Waals surface area contributed by atoms with Crippen molar-refractivity contribution in [3.05, 3.63) is 0 Å². The highest BCUT2D eigenvalue weighted by molar-refractivity contribution is 5.85. The molecule has 174 valence electrons. The molecule has 3 N–H and O–H groups in total. The van der Waals surface area contributed by atoms with E-state index in [1.54, 1.807) is 6.92 Å². The fraction of sp³-hybridized carbons (Fsp3) is 0.960. The van der Waals surface area contributed by atoms with Gasteiger partial charge in [0.05, 0.1) is 12.1 Å². The molecule has 5 heteroatoms. The van der Waals surface area contributed by atoms with Crippen molar-refractivity contribution in [3.63, 3.8) is 0 Å². The van der Waals surface area contributed by atoms with Crippen LogP contribution in [0.5, 0.6) is 0 Å². The van der Waals surface area contributed by atoms with Crippen LogP contribution in [-0.2, 0) is 4.79 Å². The van der Waals surface area contributed by atoms with Gasteiger partial charge in [0.1, 0.15) is 0 Å². The standard InChI is InChI=1S/C25H44N2O2.ClH/c1-15(26)23(29)27(5)18-10-12-24(3)17(14-18)6-7-19-21-9-8-20(16(2)28)25(21,4)13-11-22(19)24;/h15-22,28H,6-14,26H2,1-5H3;1H/t15?,16-,17-,18+,19?,20+,21?,22?,24-,25+;/m0./s1. The lowest BCUT2D eigenvalue weighted by molar-refractivity contribution is -0.142. The first kappa shape index (κ1) is 24.3. The summed E-state index contributed by atoms with van der Waals surface area (Å²) in [6.07, 6.45) is 11.2. The monoisotopic (exact) mass is 440 g/mol. The Kier molecular flexibility index (Phi) is 6.94. The molecule has 0 aromatic heterocycles. The van der Waals surface area contributed by atoms with Gasteiger partial charge >= 0.3 is 0 Å². The van der Waals surface area contributed by atoms with Crippen LogP contribution < -0.4 is 5.73 Å². The second kappa shape index (κ2) is 8.56. The van der Waals surface area contributed by atoms with Gasteiger partial charge in [0, 0.05) is 13.1 Å². The average molecular weight is 441 g/mol. The lowest BCUT2D eigenvalue weighted by Crippen LogP contribution is -2.56. The zero-order valence-corrected chi connectivity index (χ0v) is 20.6. The van der Waals surface area contributed by atoms with Crippen LogP contribution in [0.25, 0.3) is 0 Å². The maximum atomic E-state index is 12.4. The number of halogens is 1. The van der Waals surface area contributed by atoms with Gasteiger partial charge in [0.2, 0.25) is 5.91 Å².